The molecular weight excluding hydrogens is 474 g/mol. The number of fused-ring (bicyclic) bond motifs is 1. The highest BCUT2D eigenvalue weighted by molar-refractivity contribution is 6.04. The lowest BCUT2D eigenvalue weighted by atomic mass is 9.70. The molecule has 0 aromatic heterocycles. The Morgan fingerprint density at radius 2 is 1.89 bits per heavy atom. The number of rotatable bonds is 11. The molecule has 4 rings (SSSR count). The van der Waals surface area contributed by atoms with Crippen LogP contribution in [-0.4, -0.2) is 84.4 Å². The summed E-state index contributed by atoms with van der Waals surface area (Å²) in [4.78, 5) is 46.4. The summed E-state index contributed by atoms with van der Waals surface area (Å²) in [7, 11) is 0. The summed E-state index contributed by atoms with van der Waals surface area (Å²) in [5.41, 5.74) is 0.597. The first-order chi connectivity index (χ1) is 17.8. The highest BCUT2D eigenvalue weighted by atomic mass is 16.6. The molecule has 3 heterocycles. The molecule has 2 unspecified atom stereocenters. The quantitative estimate of drug-likeness (QED) is 0.358. The second-order valence-electron chi connectivity index (χ2n) is 10.0. The maximum absolute atomic E-state index is 14.4. The van der Waals surface area contributed by atoms with E-state index in [2.05, 4.69) is 25.3 Å². The summed E-state index contributed by atoms with van der Waals surface area (Å²) in [5.74, 6) is -2.68. The number of aliphatic hydroxyl groups is 1. The maximum Gasteiger partial charge on any atom is 0.312 e. The predicted molar refractivity (Wildman–Crippen MR) is 140 cm³/mol. The zero-order valence-electron chi connectivity index (χ0n) is 22.3. The van der Waals surface area contributed by atoms with Crippen molar-refractivity contribution in [3.63, 3.8) is 0 Å². The number of carbonyl (C=O) groups excluding carboxylic acids is 3. The van der Waals surface area contributed by atoms with Crippen molar-refractivity contribution < 1.29 is 29.0 Å². The van der Waals surface area contributed by atoms with Crippen LogP contribution in [0.25, 0.3) is 0 Å². The van der Waals surface area contributed by atoms with Crippen LogP contribution in [0.2, 0.25) is 0 Å². The molecule has 2 amide bonds. The molecule has 1 N–H and O–H groups in total. The number of likely N-dealkylation sites (tertiary alicyclic amines) is 1. The van der Waals surface area contributed by atoms with Gasteiger partial charge in [-0.3, -0.25) is 14.4 Å². The number of hydrogen-bond acceptors (Lipinski definition) is 7. The van der Waals surface area contributed by atoms with Crippen molar-refractivity contribution in [2.75, 3.05) is 42.6 Å². The highest BCUT2D eigenvalue weighted by Gasteiger charge is 2.75. The van der Waals surface area contributed by atoms with Crippen molar-refractivity contribution in [1.82, 2.24) is 4.90 Å². The number of hydrogen-bond donors (Lipinski definition) is 1. The maximum atomic E-state index is 14.4. The molecule has 2 bridgehead atoms. The number of aliphatic hydroxyl groups excluding tert-OH is 1. The second-order valence-corrected chi connectivity index (χ2v) is 10.0. The number of nitrogens with zero attached hydrogens (tertiary/aromatic N) is 3. The Morgan fingerprint density at radius 1 is 1.24 bits per heavy atom. The van der Waals surface area contributed by atoms with Crippen molar-refractivity contribution >= 4 is 29.2 Å². The lowest BCUT2D eigenvalue weighted by Gasteiger charge is -2.38. The summed E-state index contributed by atoms with van der Waals surface area (Å²) < 4.78 is 11.7. The van der Waals surface area contributed by atoms with E-state index in [-0.39, 0.29) is 31.6 Å². The molecular formula is C28H39N3O6. The molecule has 9 heteroatoms. The molecule has 6 atom stereocenters. The fraction of sp³-hybridized carbons (Fsp3) is 0.607. The van der Waals surface area contributed by atoms with Gasteiger partial charge < -0.3 is 29.3 Å². The van der Waals surface area contributed by atoms with Crippen molar-refractivity contribution in [1.29, 1.82) is 0 Å². The molecule has 9 nitrogen and oxygen atoms in total. The molecule has 202 valence electrons. The highest BCUT2D eigenvalue weighted by Crippen LogP contribution is 2.59. The first-order valence-corrected chi connectivity index (χ1v) is 13.3. The monoisotopic (exact) mass is 513 g/mol. The average Bonchev–Trinajstić information content (AvgIpc) is 3.55. The van der Waals surface area contributed by atoms with E-state index in [0.717, 1.165) is 18.8 Å². The van der Waals surface area contributed by atoms with Gasteiger partial charge in [0.2, 0.25) is 5.91 Å². The van der Waals surface area contributed by atoms with Crippen molar-refractivity contribution in [2.24, 2.45) is 11.8 Å². The third kappa shape index (κ3) is 4.32. The molecule has 0 aliphatic carbocycles. The van der Waals surface area contributed by atoms with Crippen LogP contribution in [0.4, 0.5) is 11.4 Å². The van der Waals surface area contributed by atoms with Crippen molar-refractivity contribution in [2.45, 2.75) is 64.3 Å². The van der Waals surface area contributed by atoms with Crippen LogP contribution < -0.4 is 9.80 Å². The van der Waals surface area contributed by atoms with E-state index < -0.39 is 41.6 Å². The van der Waals surface area contributed by atoms with Crippen LogP contribution in [0.3, 0.4) is 0 Å². The predicted octanol–water partition coefficient (Wildman–Crippen LogP) is 2.37. The van der Waals surface area contributed by atoms with E-state index in [1.54, 1.807) is 24.8 Å². The number of esters is 1. The van der Waals surface area contributed by atoms with Gasteiger partial charge in [-0.15, -0.1) is 6.58 Å². The second kappa shape index (κ2) is 10.8. The van der Waals surface area contributed by atoms with E-state index >= 15 is 0 Å². The number of ether oxygens (including phenoxy) is 2. The van der Waals surface area contributed by atoms with Gasteiger partial charge >= 0.3 is 5.97 Å². The minimum Gasteiger partial charge on any atom is -0.466 e. The number of carbonyl (C=O) groups is 3. The SMILES string of the molecule is C=CCN(C(=O)C1N([C@H](C)CO)C(=O)[C@@H]2[C@@H](C(=O)OCC)[C@H]3CCC12O3)c1ccc(N(CC)CC)cc1. The largest absolute Gasteiger partial charge is 0.466 e. The molecule has 1 spiro atoms. The van der Waals surface area contributed by atoms with Crippen molar-refractivity contribution in [3.05, 3.63) is 36.9 Å². The first kappa shape index (κ1) is 27.1. The molecule has 1 aromatic carbocycles. The topological polar surface area (TPSA) is 99.6 Å². The van der Waals surface area contributed by atoms with Gasteiger partial charge in [-0.25, -0.2) is 0 Å². The Labute approximate surface area is 219 Å². The van der Waals surface area contributed by atoms with Gasteiger partial charge in [-0.05, 0) is 64.8 Å². The van der Waals surface area contributed by atoms with Crippen LogP contribution in [0.15, 0.2) is 36.9 Å². The van der Waals surface area contributed by atoms with Gasteiger partial charge in [0.15, 0.2) is 0 Å². The summed E-state index contributed by atoms with van der Waals surface area (Å²) in [6, 6.07) is 6.16. The standard InChI is InChI=1S/C28H39N3O6/c1-6-16-30(20-12-10-19(11-13-20)29(7-2)8-3)26(34)24-28-15-14-21(37-28)22(27(35)36-9-4)23(28)25(33)31(24)18(5)17-32/h6,10-13,18,21-24,32H,1,7-9,14-17H2,2-5H3/t18-,21-,22+,23+,24?,28?/m1/s1. The molecule has 3 fully saturated rings. The van der Waals surface area contributed by atoms with Crippen LogP contribution in [0.1, 0.15) is 40.5 Å². The summed E-state index contributed by atoms with van der Waals surface area (Å²) >= 11 is 0. The zero-order valence-corrected chi connectivity index (χ0v) is 22.3. The average molecular weight is 514 g/mol. The van der Waals surface area contributed by atoms with E-state index in [9.17, 15) is 19.5 Å². The molecule has 3 saturated heterocycles. The van der Waals surface area contributed by atoms with Crippen LogP contribution in [0, 0.1) is 11.8 Å². The third-order valence-electron chi connectivity index (χ3n) is 8.14. The van der Waals surface area contributed by atoms with E-state index in [1.165, 1.54) is 4.90 Å². The van der Waals surface area contributed by atoms with Gasteiger partial charge in [0.25, 0.3) is 5.91 Å². The minimum absolute atomic E-state index is 0.200. The Hall–Kier alpha value is -2.91. The molecule has 3 aliphatic heterocycles. The van der Waals surface area contributed by atoms with Gasteiger partial charge in [0.05, 0.1) is 37.2 Å². The van der Waals surface area contributed by atoms with Gasteiger partial charge in [-0.2, -0.15) is 0 Å². The third-order valence-corrected chi connectivity index (χ3v) is 8.14. The minimum atomic E-state index is -1.14. The molecule has 0 saturated carbocycles. The molecule has 1 aromatic rings. The Balaban J connectivity index is 1.74. The first-order valence-electron chi connectivity index (χ1n) is 13.3. The Bertz CT molecular complexity index is 1030. The van der Waals surface area contributed by atoms with E-state index in [4.69, 9.17) is 9.47 Å². The lowest BCUT2D eigenvalue weighted by Crippen LogP contribution is -2.58. The lowest BCUT2D eigenvalue weighted by molar-refractivity contribution is -0.155. The Kier molecular flexibility index (Phi) is 7.94. The summed E-state index contributed by atoms with van der Waals surface area (Å²) in [6.45, 7) is 13.3. The van der Waals surface area contributed by atoms with Gasteiger partial charge in [0, 0.05) is 31.0 Å². The van der Waals surface area contributed by atoms with Gasteiger partial charge in [0.1, 0.15) is 11.6 Å². The fourth-order valence-electron chi connectivity index (χ4n) is 6.47. The number of amides is 2. The van der Waals surface area contributed by atoms with Crippen LogP contribution in [0.5, 0.6) is 0 Å². The van der Waals surface area contributed by atoms with Crippen molar-refractivity contribution in [3.8, 4) is 0 Å². The molecule has 37 heavy (non-hydrogen) atoms. The smallest absolute Gasteiger partial charge is 0.312 e. The number of benzene rings is 1. The summed E-state index contributed by atoms with van der Waals surface area (Å²) in [5, 5.41) is 10.0. The molecule has 3 aliphatic rings. The molecule has 0 radical (unpaired) electrons. The van der Waals surface area contributed by atoms with E-state index in [0.29, 0.717) is 18.5 Å². The summed E-state index contributed by atoms with van der Waals surface area (Å²) in [6.07, 6.45) is 2.24. The van der Waals surface area contributed by atoms with Crippen LogP contribution in [-0.2, 0) is 23.9 Å². The normalized spacial score (nSPS) is 28.7. The van der Waals surface area contributed by atoms with E-state index in [1.807, 2.05) is 24.3 Å². The van der Waals surface area contributed by atoms with Gasteiger partial charge in [-0.1, -0.05) is 6.08 Å². The number of anilines is 2. The van der Waals surface area contributed by atoms with Crippen LogP contribution >= 0.6 is 0 Å². The Morgan fingerprint density at radius 3 is 2.46 bits per heavy atom. The zero-order chi connectivity index (χ0) is 26.9. The fourth-order valence-corrected chi connectivity index (χ4v) is 6.47.